The Kier molecular flexibility index (Phi) is 7.47. The van der Waals surface area contributed by atoms with Gasteiger partial charge < -0.3 is 4.90 Å². The van der Waals surface area contributed by atoms with Crippen molar-refractivity contribution in [2.45, 2.75) is 5.41 Å². The number of para-hydroxylation sites is 1. The number of anilines is 3. The summed E-state index contributed by atoms with van der Waals surface area (Å²) in [5.41, 5.74) is 20.6. The molecule has 262 valence electrons. The van der Waals surface area contributed by atoms with Crippen molar-refractivity contribution >= 4 is 17.1 Å². The predicted octanol–water partition coefficient (Wildman–Crippen LogP) is 14.5. The lowest BCUT2D eigenvalue weighted by atomic mass is 9.66. The van der Waals surface area contributed by atoms with Gasteiger partial charge in [-0.2, -0.15) is 0 Å². The average Bonchev–Trinajstić information content (AvgIpc) is 3.53. The van der Waals surface area contributed by atoms with E-state index in [1.807, 2.05) is 0 Å². The maximum atomic E-state index is 2.44. The van der Waals surface area contributed by atoms with Gasteiger partial charge in [-0.05, 0) is 103 Å². The van der Waals surface area contributed by atoms with Crippen LogP contribution in [0.15, 0.2) is 224 Å². The number of fused-ring (bicyclic) bond motifs is 12. The second-order valence-corrected chi connectivity index (χ2v) is 14.8. The van der Waals surface area contributed by atoms with Crippen molar-refractivity contribution in [1.29, 1.82) is 0 Å². The van der Waals surface area contributed by atoms with Crippen LogP contribution in [0.2, 0.25) is 0 Å². The van der Waals surface area contributed by atoms with E-state index in [9.17, 15) is 0 Å². The van der Waals surface area contributed by atoms with E-state index in [-0.39, 0.29) is 0 Å². The smallest absolute Gasteiger partial charge is 0.0726 e. The van der Waals surface area contributed by atoms with Crippen LogP contribution in [-0.4, -0.2) is 0 Å². The molecule has 0 aromatic heterocycles. The van der Waals surface area contributed by atoms with E-state index >= 15 is 0 Å². The van der Waals surface area contributed by atoms with Crippen LogP contribution >= 0.6 is 0 Å². The Hall–Kier alpha value is -7.22. The molecule has 56 heavy (non-hydrogen) atoms. The second kappa shape index (κ2) is 13.0. The number of benzene rings is 9. The van der Waals surface area contributed by atoms with Crippen molar-refractivity contribution in [1.82, 2.24) is 0 Å². The van der Waals surface area contributed by atoms with Gasteiger partial charge in [-0.1, -0.05) is 194 Å². The largest absolute Gasteiger partial charge is 0.310 e. The van der Waals surface area contributed by atoms with E-state index in [0.717, 1.165) is 17.1 Å². The highest BCUT2D eigenvalue weighted by atomic mass is 15.1. The van der Waals surface area contributed by atoms with Gasteiger partial charge in [-0.3, -0.25) is 0 Å². The molecule has 1 spiro atoms. The zero-order valence-electron chi connectivity index (χ0n) is 30.8. The highest BCUT2D eigenvalue weighted by molar-refractivity contribution is 6.01. The van der Waals surface area contributed by atoms with E-state index in [1.54, 1.807) is 0 Å². The molecule has 2 aliphatic carbocycles. The maximum Gasteiger partial charge on any atom is 0.0726 e. The fraction of sp³-hybridized carbons (Fsp3) is 0.0182. The van der Waals surface area contributed by atoms with Crippen LogP contribution in [0.25, 0.3) is 55.6 Å². The molecule has 9 aromatic carbocycles. The van der Waals surface area contributed by atoms with Crippen molar-refractivity contribution in [3.05, 3.63) is 247 Å². The Morgan fingerprint density at radius 2 is 0.625 bits per heavy atom. The lowest BCUT2D eigenvalue weighted by Gasteiger charge is -2.35. The Labute approximate surface area is 328 Å². The molecule has 0 radical (unpaired) electrons. The third kappa shape index (κ3) is 4.81. The maximum absolute atomic E-state index is 2.44. The van der Waals surface area contributed by atoms with Crippen LogP contribution in [0, 0.1) is 0 Å². The van der Waals surface area contributed by atoms with Crippen LogP contribution in [0.5, 0.6) is 0 Å². The van der Waals surface area contributed by atoms with Crippen LogP contribution in [0.3, 0.4) is 0 Å². The fourth-order valence-corrected chi connectivity index (χ4v) is 9.56. The van der Waals surface area contributed by atoms with Crippen molar-refractivity contribution in [3.63, 3.8) is 0 Å². The third-order valence-corrected chi connectivity index (χ3v) is 11.9. The lowest BCUT2D eigenvalue weighted by Crippen LogP contribution is -2.29. The average molecular weight is 712 g/mol. The first-order chi connectivity index (χ1) is 27.8. The summed E-state index contributed by atoms with van der Waals surface area (Å²) in [7, 11) is 0. The molecule has 1 heteroatoms. The van der Waals surface area contributed by atoms with E-state index in [0.29, 0.717) is 0 Å². The lowest BCUT2D eigenvalue weighted by molar-refractivity contribution is 0.775. The molecule has 0 aliphatic heterocycles. The zero-order valence-corrected chi connectivity index (χ0v) is 30.8. The van der Waals surface area contributed by atoms with Crippen molar-refractivity contribution in [2.24, 2.45) is 0 Å². The van der Waals surface area contributed by atoms with Crippen LogP contribution in [-0.2, 0) is 5.41 Å². The van der Waals surface area contributed by atoms with E-state index in [4.69, 9.17) is 0 Å². The van der Waals surface area contributed by atoms with Crippen molar-refractivity contribution in [2.75, 3.05) is 4.90 Å². The summed E-state index contributed by atoms with van der Waals surface area (Å²) in [5, 5.41) is 0. The number of hydrogen-bond donors (Lipinski definition) is 0. The van der Waals surface area contributed by atoms with Crippen molar-refractivity contribution in [3.8, 4) is 55.6 Å². The molecule has 0 bridgehead atoms. The standard InChI is InChI=1S/C55H37N/c1-3-16-38(17-4-1)39-30-32-40(33-31-39)41-34-36-43(37-35-41)56(42-18-5-2-6-19-42)53-29-15-28-52-54(53)48-24-11-14-27-51(48)55(52)49-25-12-9-22-46(49)44-20-7-8-21-45(44)47-23-10-13-26-50(47)55/h1-37H. The molecule has 0 N–H and O–H groups in total. The summed E-state index contributed by atoms with van der Waals surface area (Å²) in [4.78, 5) is 2.44. The molecule has 1 nitrogen and oxygen atoms in total. The summed E-state index contributed by atoms with van der Waals surface area (Å²) in [6.45, 7) is 0. The molecule has 11 rings (SSSR count). The van der Waals surface area contributed by atoms with Gasteiger partial charge in [0.1, 0.15) is 0 Å². The van der Waals surface area contributed by atoms with E-state index in [2.05, 4.69) is 229 Å². The highest BCUT2D eigenvalue weighted by Crippen LogP contribution is 2.63. The molecule has 0 saturated carbocycles. The summed E-state index contributed by atoms with van der Waals surface area (Å²) in [5.74, 6) is 0. The Morgan fingerprint density at radius 1 is 0.250 bits per heavy atom. The monoisotopic (exact) mass is 711 g/mol. The zero-order chi connectivity index (χ0) is 37.1. The van der Waals surface area contributed by atoms with Gasteiger partial charge in [0.05, 0.1) is 11.1 Å². The van der Waals surface area contributed by atoms with Crippen molar-refractivity contribution < 1.29 is 0 Å². The minimum absolute atomic E-state index is 0.535. The van der Waals surface area contributed by atoms with Gasteiger partial charge >= 0.3 is 0 Å². The molecule has 2 aliphatic rings. The first kappa shape index (κ1) is 32.2. The minimum atomic E-state index is -0.535. The summed E-state index contributed by atoms with van der Waals surface area (Å²) in [6.07, 6.45) is 0. The quantitative estimate of drug-likeness (QED) is 0.172. The normalized spacial score (nSPS) is 12.8. The topological polar surface area (TPSA) is 3.24 Å². The second-order valence-electron chi connectivity index (χ2n) is 14.8. The molecule has 0 fully saturated rings. The molecule has 0 heterocycles. The first-order valence-electron chi connectivity index (χ1n) is 19.4. The molecule has 0 atom stereocenters. The Morgan fingerprint density at radius 3 is 1.18 bits per heavy atom. The summed E-state index contributed by atoms with van der Waals surface area (Å²) < 4.78 is 0. The first-order valence-corrected chi connectivity index (χ1v) is 19.4. The molecule has 0 amide bonds. The Bertz CT molecular complexity index is 2820. The highest BCUT2D eigenvalue weighted by Gasteiger charge is 2.50. The fourth-order valence-electron chi connectivity index (χ4n) is 9.56. The number of rotatable bonds is 5. The molecule has 0 unspecified atom stereocenters. The van der Waals surface area contributed by atoms with Gasteiger partial charge in [0.2, 0.25) is 0 Å². The predicted molar refractivity (Wildman–Crippen MR) is 234 cm³/mol. The van der Waals surface area contributed by atoms with Gasteiger partial charge in [-0.25, -0.2) is 0 Å². The Balaban J connectivity index is 1.12. The number of hydrogen-bond acceptors (Lipinski definition) is 1. The SMILES string of the molecule is c1ccc(-c2ccc(-c3ccc(N(c4ccccc4)c4cccc5c4-c4ccccc4C54c5ccccc5-c5ccccc5-c5ccccc54)cc3)cc2)cc1. The van der Waals surface area contributed by atoms with Gasteiger partial charge in [0.25, 0.3) is 0 Å². The third-order valence-electron chi connectivity index (χ3n) is 11.9. The molecule has 0 saturated heterocycles. The van der Waals surface area contributed by atoms with Crippen LogP contribution in [0.1, 0.15) is 22.3 Å². The van der Waals surface area contributed by atoms with Gasteiger partial charge in [-0.15, -0.1) is 0 Å². The molecular weight excluding hydrogens is 675 g/mol. The molecular formula is C55H37N. The van der Waals surface area contributed by atoms with Crippen LogP contribution in [0.4, 0.5) is 17.1 Å². The van der Waals surface area contributed by atoms with E-state index in [1.165, 1.54) is 77.9 Å². The van der Waals surface area contributed by atoms with Gasteiger partial charge in [0.15, 0.2) is 0 Å². The summed E-state index contributed by atoms with van der Waals surface area (Å²) >= 11 is 0. The van der Waals surface area contributed by atoms with Crippen LogP contribution < -0.4 is 4.90 Å². The minimum Gasteiger partial charge on any atom is -0.310 e. The van der Waals surface area contributed by atoms with Gasteiger partial charge in [0, 0.05) is 16.9 Å². The molecule has 9 aromatic rings. The van der Waals surface area contributed by atoms with E-state index < -0.39 is 5.41 Å². The summed E-state index contributed by atoms with van der Waals surface area (Å²) in [6, 6.07) is 82.6. The number of nitrogens with zero attached hydrogens (tertiary/aromatic N) is 1.